The van der Waals surface area contributed by atoms with E-state index in [1.54, 1.807) is 7.11 Å². The summed E-state index contributed by atoms with van der Waals surface area (Å²) in [5, 5.41) is 6.05. The van der Waals surface area contributed by atoms with E-state index in [1.165, 1.54) is 0 Å². The van der Waals surface area contributed by atoms with E-state index >= 15 is 0 Å². The first kappa shape index (κ1) is 17.4. The van der Waals surface area contributed by atoms with Gasteiger partial charge in [-0.15, -0.1) is 0 Å². The van der Waals surface area contributed by atoms with Gasteiger partial charge >= 0.3 is 6.09 Å². The van der Waals surface area contributed by atoms with Crippen LogP contribution in [0.2, 0.25) is 0 Å². The topological polar surface area (TPSA) is 68.8 Å². The van der Waals surface area contributed by atoms with Gasteiger partial charge in [-0.2, -0.15) is 0 Å². The Kier molecular flexibility index (Phi) is 5.71. The van der Waals surface area contributed by atoms with Crippen LogP contribution in [0.15, 0.2) is 18.2 Å². The molecule has 0 spiro atoms. The molecular formula is C17H26N2O4. The van der Waals surface area contributed by atoms with E-state index in [2.05, 4.69) is 16.7 Å². The number of methoxy groups -OCH3 is 1. The van der Waals surface area contributed by atoms with Crippen LogP contribution in [0.3, 0.4) is 0 Å². The van der Waals surface area contributed by atoms with Crippen molar-refractivity contribution in [2.24, 2.45) is 0 Å². The number of rotatable bonds is 6. The molecule has 6 nitrogen and oxygen atoms in total. The predicted molar refractivity (Wildman–Crippen MR) is 89.2 cm³/mol. The summed E-state index contributed by atoms with van der Waals surface area (Å²) in [7, 11) is 1.68. The van der Waals surface area contributed by atoms with E-state index in [9.17, 15) is 4.79 Å². The second kappa shape index (κ2) is 7.55. The summed E-state index contributed by atoms with van der Waals surface area (Å²) in [5.41, 5.74) is 1.69. The highest BCUT2D eigenvalue weighted by Gasteiger charge is 2.24. The van der Waals surface area contributed by atoms with Gasteiger partial charge in [-0.25, -0.2) is 4.79 Å². The third-order valence-electron chi connectivity index (χ3n) is 3.31. The van der Waals surface area contributed by atoms with Gasteiger partial charge in [-0.3, -0.25) is 0 Å². The van der Waals surface area contributed by atoms with E-state index in [4.69, 9.17) is 14.2 Å². The van der Waals surface area contributed by atoms with Crippen molar-refractivity contribution in [1.82, 2.24) is 5.32 Å². The first-order chi connectivity index (χ1) is 10.9. The van der Waals surface area contributed by atoms with Crippen LogP contribution in [0.5, 0.6) is 5.75 Å². The van der Waals surface area contributed by atoms with Crippen molar-refractivity contribution in [2.75, 3.05) is 32.1 Å². The molecule has 1 aliphatic rings. The maximum atomic E-state index is 11.7. The van der Waals surface area contributed by atoms with Gasteiger partial charge in [0, 0.05) is 25.8 Å². The number of carbonyl (C=O) groups excluding carboxylic acids is 1. The third kappa shape index (κ3) is 5.63. The van der Waals surface area contributed by atoms with Crippen LogP contribution in [-0.4, -0.2) is 44.6 Å². The molecule has 1 amide bonds. The van der Waals surface area contributed by atoms with Gasteiger partial charge in [-0.1, -0.05) is 0 Å². The minimum Gasteiger partial charge on any atom is -0.488 e. The fourth-order valence-corrected chi connectivity index (χ4v) is 2.35. The molecule has 0 aromatic heterocycles. The molecule has 0 aliphatic carbocycles. The largest absolute Gasteiger partial charge is 0.488 e. The molecule has 1 unspecified atom stereocenters. The first-order valence-electron chi connectivity index (χ1n) is 7.86. The van der Waals surface area contributed by atoms with E-state index in [0.29, 0.717) is 13.2 Å². The molecule has 0 radical (unpaired) electrons. The number of benzene rings is 1. The number of hydrogen-bond acceptors (Lipinski definition) is 5. The molecule has 1 heterocycles. The number of alkyl carbamates (subject to hydrolysis) is 1. The van der Waals surface area contributed by atoms with Gasteiger partial charge in [0.05, 0.1) is 13.2 Å². The lowest BCUT2D eigenvalue weighted by Gasteiger charge is -2.20. The zero-order valence-corrected chi connectivity index (χ0v) is 14.3. The molecule has 2 N–H and O–H groups in total. The molecule has 1 aromatic carbocycles. The maximum Gasteiger partial charge on any atom is 0.407 e. The van der Waals surface area contributed by atoms with Gasteiger partial charge in [-0.05, 0) is 44.5 Å². The summed E-state index contributed by atoms with van der Waals surface area (Å²) in [6.45, 7) is 7.37. The van der Waals surface area contributed by atoms with Gasteiger partial charge in [0.15, 0.2) is 0 Å². The predicted octanol–water partition coefficient (Wildman–Crippen LogP) is 2.57. The Balaban J connectivity index is 1.81. The minimum absolute atomic E-state index is 0.0632. The van der Waals surface area contributed by atoms with Crippen LogP contribution < -0.4 is 15.4 Å². The van der Waals surface area contributed by atoms with Crippen LogP contribution >= 0.6 is 0 Å². The molecule has 2 rings (SSSR count). The molecule has 0 saturated carbocycles. The number of ether oxygens (including phenoxy) is 3. The molecule has 6 heteroatoms. The van der Waals surface area contributed by atoms with E-state index in [-0.39, 0.29) is 6.10 Å². The number of carbonyl (C=O) groups is 1. The molecule has 1 atom stereocenters. The molecule has 1 aliphatic heterocycles. The normalized spacial score (nSPS) is 16.4. The van der Waals surface area contributed by atoms with Gasteiger partial charge < -0.3 is 24.8 Å². The SMILES string of the molecule is COCCNc1ccc2c(c1)CC(CNC(=O)OC(C)(C)C)O2. The molecular weight excluding hydrogens is 296 g/mol. The molecule has 1 aromatic rings. The number of anilines is 1. The Morgan fingerprint density at radius 2 is 2.17 bits per heavy atom. The Hall–Kier alpha value is -1.95. The Labute approximate surface area is 137 Å². The Morgan fingerprint density at radius 3 is 2.87 bits per heavy atom. The lowest BCUT2D eigenvalue weighted by molar-refractivity contribution is 0.0506. The molecule has 23 heavy (non-hydrogen) atoms. The monoisotopic (exact) mass is 322 g/mol. The second-order valence-corrected chi connectivity index (χ2v) is 6.57. The average molecular weight is 322 g/mol. The van der Waals surface area contributed by atoms with Crippen molar-refractivity contribution < 1.29 is 19.0 Å². The Bertz CT molecular complexity index is 540. The van der Waals surface area contributed by atoms with E-state index < -0.39 is 11.7 Å². The number of amides is 1. The fourth-order valence-electron chi connectivity index (χ4n) is 2.35. The number of hydrogen-bond donors (Lipinski definition) is 2. The van der Waals surface area contributed by atoms with Crippen molar-refractivity contribution in [3.05, 3.63) is 23.8 Å². The summed E-state index contributed by atoms with van der Waals surface area (Å²) in [6.07, 6.45) is 0.288. The van der Waals surface area contributed by atoms with Crippen molar-refractivity contribution in [1.29, 1.82) is 0 Å². The summed E-state index contributed by atoms with van der Waals surface area (Å²) in [5.74, 6) is 0.873. The summed E-state index contributed by atoms with van der Waals surface area (Å²) in [4.78, 5) is 11.7. The quantitative estimate of drug-likeness (QED) is 0.788. The zero-order valence-electron chi connectivity index (χ0n) is 14.3. The summed E-state index contributed by atoms with van der Waals surface area (Å²) in [6, 6.07) is 6.02. The smallest absolute Gasteiger partial charge is 0.407 e. The van der Waals surface area contributed by atoms with Crippen molar-refractivity contribution in [3.63, 3.8) is 0 Å². The summed E-state index contributed by atoms with van der Waals surface area (Å²) < 4.78 is 16.1. The fraction of sp³-hybridized carbons (Fsp3) is 0.588. The summed E-state index contributed by atoms with van der Waals surface area (Å²) >= 11 is 0. The number of nitrogens with one attached hydrogen (secondary N) is 2. The van der Waals surface area contributed by atoms with E-state index in [0.717, 1.165) is 30.0 Å². The van der Waals surface area contributed by atoms with Crippen LogP contribution in [0, 0.1) is 0 Å². The van der Waals surface area contributed by atoms with E-state index in [1.807, 2.05) is 32.9 Å². The highest BCUT2D eigenvalue weighted by atomic mass is 16.6. The zero-order chi connectivity index (χ0) is 16.9. The molecule has 128 valence electrons. The van der Waals surface area contributed by atoms with Gasteiger partial charge in [0.1, 0.15) is 17.5 Å². The van der Waals surface area contributed by atoms with Gasteiger partial charge in [0.2, 0.25) is 0 Å². The number of fused-ring (bicyclic) bond motifs is 1. The second-order valence-electron chi connectivity index (χ2n) is 6.57. The lowest BCUT2D eigenvalue weighted by Crippen LogP contribution is -2.38. The minimum atomic E-state index is -0.494. The van der Waals surface area contributed by atoms with Crippen LogP contribution in [0.1, 0.15) is 26.3 Å². The highest BCUT2D eigenvalue weighted by Crippen LogP contribution is 2.31. The Morgan fingerprint density at radius 1 is 1.39 bits per heavy atom. The lowest BCUT2D eigenvalue weighted by atomic mass is 10.1. The van der Waals surface area contributed by atoms with Gasteiger partial charge in [0.25, 0.3) is 0 Å². The first-order valence-corrected chi connectivity index (χ1v) is 7.86. The van der Waals surface area contributed by atoms with Crippen molar-refractivity contribution >= 4 is 11.8 Å². The van der Waals surface area contributed by atoms with Crippen molar-refractivity contribution in [2.45, 2.75) is 38.9 Å². The maximum absolute atomic E-state index is 11.7. The third-order valence-corrected chi connectivity index (χ3v) is 3.31. The molecule has 0 saturated heterocycles. The molecule has 0 bridgehead atoms. The molecule has 0 fully saturated rings. The highest BCUT2D eigenvalue weighted by molar-refractivity contribution is 5.67. The van der Waals surface area contributed by atoms with Crippen molar-refractivity contribution in [3.8, 4) is 5.75 Å². The standard InChI is InChI=1S/C17H26N2O4/c1-17(2,3)23-16(20)19-11-14-10-12-9-13(18-7-8-21-4)5-6-15(12)22-14/h5-6,9,14,18H,7-8,10-11H2,1-4H3,(H,19,20). The van der Waals surface area contributed by atoms with Crippen LogP contribution in [0.25, 0.3) is 0 Å². The average Bonchev–Trinajstić information content (AvgIpc) is 2.86. The van der Waals surface area contributed by atoms with Crippen LogP contribution in [-0.2, 0) is 15.9 Å². The van der Waals surface area contributed by atoms with Crippen LogP contribution in [0.4, 0.5) is 10.5 Å².